The van der Waals surface area contributed by atoms with E-state index in [0.29, 0.717) is 24.0 Å². The highest BCUT2D eigenvalue weighted by molar-refractivity contribution is 8.00. The van der Waals surface area contributed by atoms with Crippen LogP contribution in [0.5, 0.6) is 0 Å². The summed E-state index contributed by atoms with van der Waals surface area (Å²) in [6.45, 7) is 3.18. The van der Waals surface area contributed by atoms with E-state index >= 15 is 0 Å². The molecule has 6 heteroatoms. The summed E-state index contributed by atoms with van der Waals surface area (Å²) in [5.74, 6) is -0.545. The number of aliphatic carboxylic acids is 1. The van der Waals surface area contributed by atoms with Gasteiger partial charge in [-0.2, -0.15) is 0 Å². The Balaban J connectivity index is 1.74. The van der Waals surface area contributed by atoms with Gasteiger partial charge < -0.3 is 15.3 Å². The van der Waals surface area contributed by atoms with E-state index in [1.807, 2.05) is 0 Å². The van der Waals surface area contributed by atoms with Crippen LogP contribution in [0.2, 0.25) is 0 Å². The first-order valence-electron chi connectivity index (χ1n) is 6.99. The normalized spacial score (nSPS) is 25.3. The van der Waals surface area contributed by atoms with Crippen LogP contribution in [-0.4, -0.2) is 59.1 Å². The van der Waals surface area contributed by atoms with Gasteiger partial charge in [0.05, 0.1) is 11.7 Å². The van der Waals surface area contributed by atoms with Crippen molar-refractivity contribution in [3.05, 3.63) is 0 Å². The number of hydrogen-bond donors (Lipinski definition) is 2. The van der Waals surface area contributed by atoms with Crippen molar-refractivity contribution in [2.45, 2.75) is 30.9 Å². The number of piperidine rings is 2. The van der Waals surface area contributed by atoms with E-state index in [0.717, 1.165) is 38.9 Å². The smallest absolute Gasteiger partial charge is 0.308 e. The molecule has 0 bridgehead atoms. The molecule has 0 radical (unpaired) electrons. The minimum Gasteiger partial charge on any atom is -0.481 e. The SMILES string of the molecule is O=C(O)C1CCCN(C(=O)CSC2CCNCC2)C1. The van der Waals surface area contributed by atoms with E-state index < -0.39 is 5.97 Å². The number of rotatable bonds is 4. The lowest BCUT2D eigenvalue weighted by Crippen LogP contribution is -2.43. The molecule has 0 aliphatic carbocycles. The number of carboxylic acid groups (broad SMARTS) is 1. The van der Waals surface area contributed by atoms with Crippen molar-refractivity contribution in [1.29, 1.82) is 0 Å². The van der Waals surface area contributed by atoms with Gasteiger partial charge in [0.1, 0.15) is 0 Å². The summed E-state index contributed by atoms with van der Waals surface area (Å²) < 4.78 is 0. The molecule has 2 fully saturated rings. The standard InChI is InChI=1S/C13H22N2O3S/c16-12(9-19-11-3-5-14-6-4-11)15-7-1-2-10(8-15)13(17)18/h10-11,14H,1-9H2,(H,17,18). The van der Waals surface area contributed by atoms with Gasteiger partial charge >= 0.3 is 5.97 Å². The van der Waals surface area contributed by atoms with Crippen LogP contribution in [0.25, 0.3) is 0 Å². The first-order chi connectivity index (χ1) is 9.16. The van der Waals surface area contributed by atoms with E-state index in [4.69, 9.17) is 5.11 Å². The van der Waals surface area contributed by atoms with Gasteiger partial charge in [-0.3, -0.25) is 9.59 Å². The van der Waals surface area contributed by atoms with E-state index in [1.54, 1.807) is 16.7 Å². The molecule has 5 nitrogen and oxygen atoms in total. The Morgan fingerprint density at radius 2 is 2.00 bits per heavy atom. The number of nitrogens with one attached hydrogen (secondary N) is 1. The summed E-state index contributed by atoms with van der Waals surface area (Å²) in [4.78, 5) is 24.8. The van der Waals surface area contributed by atoms with Crippen LogP contribution in [0.4, 0.5) is 0 Å². The summed E-state index contributed by atoms with van der Waals surface area (Å²) in [6, 6.07) is 0. The van der Waals surface area contributed by atoms with E-state index in [1.165, 1.54) is 0 Å². The van der Waals surface area contributed by atoms with Crippen molar-refractivity contribution in [2.24, 2.45) is 5.92 Å². The third kappa shape index (κ3) is 4.38. The second-order valence-corrected chi connectivity index (χ2v) is 6.57. The minimum absolute atomic E-state index is 0.106. The third-order valence-corrected chi connectivity index (χ3v) is 5.21. The molecule has 0 aromatic carbocycles. The number of likely N-dealkylation sites (tertiary alicyclic amines) is 1. The van der Waals surface area contributed by atoms with Crippen LogP contribution in [0, 0.1) is 5.92 Å². The largest absolute Gasteiger partial charge is 0.481 e. The number of thioether (sulfide) groups is 1. The van der Waals surface area contributed by atoms with Gasteiger partial charge in [0.25, 0.3) is 0 Å². The fourth-order valence-corrected chi connectivity index (χ4v) is 3.78. The Kier molecular flexibility index (Phi) is 5.51. The Labute approximate surface area is 118 Å². The van der Waals surface area contributed by atoms with Crippen molar-refractivity contribution < 1.29 is 14.7 Å². The molecule has 0 saturated carbocycles. The molecule has 1 amide bonds. The summed E-state index contributed by atoms with van der Waals surface area (Å²) in [7, 11) is 0. The van der Waals surface area contributed by atoms with E-state index in [-0.39, 0.29) is 11.8 Å². The molecule has 2 saturated heterocycles. The molecule has 2 aliphatic heterocycles. The average Bonchev–Trinajstić information content (AvgIpc) is 2.46. The lowest BCUT2D eigenvalue weighted by molar-refractivity contribution is -0.145. The van der Waals surface area contributed by atoms with Crippen LogP contribution in [0.1, 0.15) is 25.7 Å². The number of amides is 1. The molecule has 2 rings (SSSR count). The lowest BCUT2D eigenvalue weighted by Gasteiger charge is -2.31. The van der Waals surface area contributed by atoms with Crippen molar-refractivity contribution in [3.63, 3.8) is 0 Å². The molecule has 0 aromatic rings. The Bertz CT molecular complexity index is 332. The van der Waals surface area contributed by atoms with Crippen LogP contribution in [0.3, 0.4) is 0 Å². The molecular formula is C13H22N2O3S. The summed E-state index contributed by atoms with van der Waals surface area (Å²) >= 11 is 1.73. The van der Waals surface area contributed by atoms with Gasteiger partial charge in [-0.05, 0) is 38.8 Å². The Hall–Kier alpha value is -0.750. The molecular weight excluding hydrogens is 264 g/mol. The number of carbonyl (C=O) groups is 2. The van der Waals surface area contributed by atoms with Crippen LogP contribution < -0.4 is 5.32 Å². The topological polar surface area (TPSA) is 69.6 Å². The Morgan fingerprint density at radius 1 is 1.26 bits per heavy atom. The van der Waals surface area contributed by atoms with Gasteiger partial charge in [-0.25, -0.2) is 0 Å². The van der Waals surface area contributed by atoms with Crippen molar-refractivity contribution in [1.82, 2.24) is 10.2 Å². The van der Waals surface area contributed by atoms with Crippen molar-refractivity contribution in [3.8, 4) is 0 Å². The number of hydrogen-bond acceptors (Lipinski definition) is 4. The zero-order valence-corrected chi connectivity index (χ0v) is 12.0. The van der Waals surface area contributed by atoms with Gasteiger partial charge in [-0.1, -0.05) is 0 Å². The van der Waals surface area contributed by atoms with Crippen LogP contribution >= 0.6 is 11.8 Å². The summed E-state index contributed by atoms with van der Waals surface area (Å²) in [5, 5.41) is 12.9. The summed E-state index contributed by atoms with van der Waals surface area (Å²) in [5.41, 5.74) is 0. The predicted molar refractivity (Wildman–Crippen MR) is 75.3 cm³/mol. The maximum Gasteiger partial charge on any atom is 0.308 e. The fraction of sp³-hybridized carbons (Fsp3) is 0.846. The maximum atomic E-state index is 12.1. The first kappa shape index (κ1) is 14.7. The average molecular weight is 286 g/mol. The molecule has 2 aliphatic rings. The van der Waals surface area contributed by atoms with E-state index in [9.17, 15) is 9.59 Å². The van der Waals surface area contributed by atoms with Crippen LogP contribution in [0.15, 0.2) is 0 Å². The molecule has 1 unspecified atom stereocenters. The van der Waals surface area contributed by atoms with Crippen molar-refractivity contribution >= 4 is 23.6 Å². The second-order valence-electron chi connectivity index (χ2n) is 5.28. The lowest BCUT2D eigenvalue weighted by atomic mass is 9.98. The van der Waals surface area contributed by atoms with Gasteiger partial charge in [0.2, 0.25) is 5.91 Å². The molecule has 108 valence electrons. The zero-order chi connectivity index (χ0) is 13.7. The molecule has 1 atom stereocenters. The quantitative estimate of drug-likeness (QED) is 0.800. The zero-order valence-electron chi connectivity index (χ0n) is 11.1. The van der Waals surface area contributed by atoms with Gasteiger partial charge in [0.15, 0.2) is 0 Å². The molecule has 0 spiro atoms. The molecule has 2 N–H and O–H groups in total. The molecule has 0 aromatic heterocycles. The maximum absolute atomic E-state index is 12.1. The number of nitrogens with zero attached hydrogens (tertiary/aromatic N) is 1. The number of carbonyl (C=O) groups excluding carboxylic acids is 1. The summed E-state index contributed by atoms with van der Waals surface area (Å²) in [6.07, 6.45) is 3.74. The third-order valence-electron chi connectivity index (χ3n) is 3.85. The minimum atomic E-state index is -0.775. The molecule has 2 heterocycles. The highest BCUT2D eigenvalue weighted by Crippen LogP contribution is 2.22. The number of carboxylic acids is 1. The fourth-order valence-electron chi connectivity index (χ4n) is 2.65. The second kappa shape index (κ2) is 7.14. The first-order valence-corrected chi connectivity index (χ1v) is 8.04. The predicted octanol–water partition coefficient (Wildman–Crippen LogP) is 0.795. The highest BCUT2D eigenvalue weighted by Gasteiger charge is 2.28. The van der Waals surface area contributed by atoms with Crippen LogP contribution in [-0.2, 0) is 9.59 Å². The van der Waals surface area contributed by atoms with Gasteiger partial charge in [0, 0.05) is 18.3 Å². The highest BCUT2D eigenvalue weighted by atomic mass is 32.2. The van der Waals surface area contributed by atoms with E-state index in [2.05, 4.69) is 5.32 Å². The van der Waals surface area contributed by atoms with Crippen molar-refractivity contribution in [2.75, 3.05) is 31.9 Å². The monoisotopic (exact) mass is 286 g/mol. The van der Waals surface area contributed by atoms with Gasteiger partial charge in [-0.15, -0.1) is 11.8 Å². The Morgan fingerprint density at radius 3 is 2.68 bits per heavy atom. The molecule has 19 heavy (non-hydrogen) atoms.